The summed E-state index contributed by atoms with van der Waals surface area (Å²) in [6, 6.07) is 16.8. The van der Waals surface area contributed by atoms with Crippen molar-refractivity contribution in [2.45, 2.75) is 0 Å². The lowest BCUT2D eigenvalue weighted by atomic mass is 10.1. The molecule has 0 aliphatic rings. The lowest BCUT2D eigenvalue weighted by Crippen LogP contribution is -1.81. The highest BCUT2D eigenvalue weighted by atomic mass is 79.9. The minimum absolute atomic E-state index is 0.437. The first-order valence-corrected chi connectivity index (χ1v) is 6.66. The van der Waals surface area contributed by atoms with E-state index in [1.165, 1.54) is 0 Å². The molecule has 2 aromatic carbocycles. The van der Waals surface area contributed by atoms with Crippen molar-refractivity contribution >= 4 is 15.9 Å². The minimum Gasteiger partial charge on any atom is -0.334 e. The maximum atomic E-state index is 8.77. The number of halogens is 1. The zero-order valence-corrected chi connectivity index (χ0v) is 11.8. The van der Waals surface area contributed by atoms with E-state index in [2.05, 4.69) is 32.1 Å². The fourth-order valence-corrected chi connectivity index (χ4v) is 2.01. The number of nitrogens with zero attached hydrogens (tertiary/aromatic N) is 3. The molecule has 1 heterocycles. The zero-order valence-electron chi connectivity index (χ0n) is 10.2. The molecular weight excluding hydrogens is 318 g/mol. The second kappa shape index (κ2) is 5.27. The van der Waals surface area contributed by atoms with E-state index in [9.17, 15) is 0 Å². The van der Waals surface area contributed by atoms with Gasteiger partial charge in [0.1, 0.15) is 0 Å². The number of hydrogen-bond acceptors (Lipinski definition) is 4. The van der Waals surface area contributed by atoms with Crippen LogP contribution >= 0.6 is 15.9 Å². The Bertz CT molecular complexity index is 770. The second-order valence-corrected chi connectivity index (χ2v) is 5.03. The molecular formula is C15H8BrN3O. The van der Waals surface area contributed by atoms with Gasteiger partial charge in [0, 0.05) is 15.6 Å². The topological polar surface area (TPSA) is 62.7 Å². The Morgan fingerprint density at radius 3 is 2.25 bits per heavy atom. The third-order valence-corrected chi connectivity index (χ3v) is 3.32. The molecule has 0 saturated carbocycles. The van der Waals surface area contributed by atoms with Crippen molar-refractivity contribution in [3.63, 3.8) is 0 Å². The smallest absolute Gasteiger partial charge is 0.258 e. The molecule has 4 nitrogen and oxygen atoms in total. The quantitative estimate of drug-likeness (QED) is 0.713. The monoisotopic (exact) mass is 325 g/mol. The van der Waals surface area contributed by atoms with E-state index in [4.69, 9.17) is 9.78 Å². The van der Waals surface area contributed by atoms with Crippen LogP contribution in [-0.4, -0.2) is 10.1 Å². The van der Waals surface area contributed by atoms with Crippen molar-refractivity contribution in [2.75, 3.05) is 0 Å². The van der Waals surface area contributed by atoms with Gasteiger partial charge in [0.15, 0.2) is 0 Å². The van der Waals surface area contributed by atoms with E-state index in [1.807, 2.05) is 24.3 Å². The number of rotatable bonds is 2. The van der Waals surface area contributed by atoms with E-state index < -0.39 is 0 Å². The first kappa shape index (κ1) is 12.6. The van der Waals surface area contributed by atoms with Crippen LogP contribution in [-0.2, 0) is 0 Å². The number of nitriles is 1. The number of benzene rings is 2. The second-order valence-electron chi connectivity index (χ2n) is 4.12. The molecule has 96 valence electrons. The molecule has 5 heteroatoms. The lowest BCUT2D eigenvalue weighted by Gasteiger charge is -1.94. The first-order valence-electron chi connectivity index (χ1n) is 5.86. The summed E-state index contributed by atoms with van der Waals surface area (Å²) in [6.45, 7) is 0. The van der Waals surface area contributed by atoms with Gasteiger partial charge in [-0.3, -0.25) is 0 Å². The third kappa shape index (κ3) is 2.46. The van der Waals surface area contributed by atoms with Crippen LogP contribution in [0.5, 0.6) is 0 Å². The van der Waals surface area contributed by atoms with Crippen LogP contribution in [0.1, 0.15) is 5.56 Å². The lowest BCUT2D eigenvalue weighted by molar-refractivity contribution is 0.432. The highest BCUT2D eigenvalue weighted by Gasteiger charge is 2.10. The van der Waals surface area contributed by atoms with Gasteiger partial charge in [0.2, 0.25) is 5.82 Å². The number of hydrogen-bond donors (Lipinski definition) is 0. The standard InChI is InChI=1S/C15H8BrN3O/c16-13-7-5-11(6-8-13)14-18-15(20-19-14)12-3-1-10(9-17)2-4-12/h1-8H. The van der Waals surface area contributed by atoms with Crippen molar-refractivity contribution in [1.29, 1.82) is 5.26 Å². The predicted molar refractivity (Wildman–Crippen MR) is 77.6 cm³/mol. The Morgan fingerprint density at radius 2 is 1.60 bits per heavy atom. The summed E-state index contributed by atoms with van der Waals surface area (Å²) in [5.41, 5.74) is 2.28. The van der Waals surface area contributed by atoms with Crippen LogP contribution in [0.3, 0.4) is 0 Å². The van der Waals surface area contributed by atoms with Gasteiger partial charge in [-0.05, 0) is 48.5 Å². The van der Waals surface area contributed by atoms with Gasteiger partial charge >= 0.3 is 0 Å². The van der Waals surface area contributed by atoms with Crippen molar-refractivity contribution in [3.8, 4) is 28.9 Å². The first-order chi connectivity index (χ1) is 9.76. The van der Waals surface area contributed by atoms with Crippen LogP contribution in [0.4, 0.5) is 0 Å². The van der Waals surface area contributed by atoms with Crippen molar-refractivity contribution in [1.82, 2.24) is 10.1 Å². The average molecular weight is 326 g/mol. The molecule has 1 aromatic heterocycles. The molecule has 0 N–H and O–H groups in total. The molecule has 0 spiro atoms. The molecule has 0 atom stereocenters. The van der Waals surface area contributed by atoms with Gasteiger partial charge in [-0.15, -0.1) is 0 Å². The van der Waals surface area contributed by atoms with Crippen LogP contribution in [0.25, 0.3) is 22.8 Å². The van der Waals surface area contributed by atoms with Gasteiger partial charge in [-0.25, -0.2) is 0 Å². The minimum atomic E-state index is 0.437. The molecule has 0 unspecified atom stereocenters. The molecule has 0 radical (unpaired) electrons. The predicted octanol–water partition coefficient (Wildman–Crippen LogP) is 4.04. The molecule has 0 saturated heterocycles. The van der Waals surface area contributed by atoms with E-state index in [0.29, 0.717) is 17.3 Å². The van der Waals surface area contributed by atoms with Crippen molar-refractivity contribution in [3.05, 3.63) is 58.6 Å². The summed E-state index contributed by atoms with van der Waals surface area (Å²) in [5, 5.41) is 12.7. The van der Waals surface area contributed by atoms with Gasteiger partial charge in [0.25, 0.3) is 5.89 Å². The third-order valence-electron chi connectivity index (χ3n) is 2.79. The summed E-state index contributed by atoms with van der Waals surface area (Å²) in [6.07, 6.45) is 0. The summed E-state index contributed by atoms with van der Waals surface area (Å²) in [5.74, 6) is 0.976. The summed E-state index contributed by atoms with van der Waals surface area (Å²) < 4.78 is 6.25. The molecule has 20 heavy (non-hydrogen) atoms. The van der Waals surface area contributed by atoms with Gasteiger partial charge in [-0.1, -0.05) is 21.1 Å². The van der Waals surface area contributed by atoms with E-state index in [0.717, 1.165) is 15.6 Å². The average Bonchev–Trinajstić information content (AvgIpc) is 2.98. The zero-order chi connectivity index (χ0) is 13.9. The van der Waals surface area contributed by atoms with Crippen LogP contribution < -0.4 is 0 Å². The molecule has 0 aliphatic carbocycles. The van der Waals surface area contributed by atoms with Crippen molar-refractivity contribution in [2.24, 2.45) is 0 Å². The number of aromatic nitrogens is 2. The molecule has 3 rings (SSSR count). The highest BCUT2D eigenvalue weighted by molar-refractivity contribution is 9.10. The normalized spacial score (nSPS) is 10.2. The summed E-state index contributed by atoms with van der Waals surface area (Å²) in [7, 11) is 0. The maximum Gasteiger partial charge on any atom is 0.258 e. The molecule has 3 aromatic rings. The highest BCUT2D eigenvalue weighted by Crippen LogP contribution is 2.23. The summed E-state index contributed by atoms with van der Waals surface area (Å²) >= 11 is 3.38. The van der Waals surface area contributed by atoms with E-state index in [-0.39, 0.29) is 0 Å². The largest absolute Gasteiger partial charge is 0.334 e. The SMILES string of the molecule is N#Cc1ccc(-c2nc(-c3ccc(Br)cc3)no2)cc1. The fourth-order valence-electron chi connectivity index (χ4n) is 1.74. The molecule has 0 aliphatic heterocycles. The van der Waals surface area contributed by atoms with E-state index >= 15 is 0 Å². The molecule has 0 fully saturated rings. The van der Waals surface area contributed by atoms with Crippen molar-refractivity contribution < 1.29 is 4.52 Å². The molecule has 0 amide bonds. The fraction of sp³-hybridized carbons (Fsp3) is 0. The maximum absolute atomic E-state index is 8.77. The molecule has 0 bridgehead atoms. The Labute approximate surface area is 123 Å². The Balaban J connectivity index is 1.93. The van der Waals surface area contributed by atoms with Crippen LogP contribution in [0, 0.1) is 11.3 Å². The van der Waals surface area contributed by atoms with Gasteiger partial charge in [0.05, 0.1) is 11.6 Å². The van der Waals surface area contributed by atoms with Crippen LogP contribution in [0.2, 0.25) is 0 Å². The van der Waals surface area contributed by atoms with Crippen LogP contribution in [0.15, 0.2) is 57.5 Å². The van der Waals surface area contributed by atoms with E-state index in [1.54, 1.807) is 24.3 Å². The Hall–Kier alpha value is -2.45. The Morgan fingerprint density at radius 1 is 0.950 bits per heavy atom. The Kier molecular flexibility index (Phi) is 3.32. The van der Waals surface area contributed by atoms with Gasteiger partial charge < -0.3 is 4.52 Å². The summed E-state index contributed by atoms with van der Waals surface area (Å²) in [4.78, 5) is 4.36. The van der Waals surface area contributed by atoms with Gasteiger partial charge in [-0.2, -0.15) is 10.2 Å².